The van der Waals surface area contributed by atoms with Crippen LogP contribution in [0.15, 0.2) is 37.1 Å². The molecule has 1 atom stereocenters. The van der Waals surface area contributed by atoms with Crippen molar-refractivity contribution in [3.8, 4) is 0 Å². The van der Waals surface area contributed by atoms with E-state index in [1.165, 1.54) is 0 Å². The van der Waals surface area contributed by atoms with Crippen LogP contribution < -0.4 is 0 Å². The predicted molar refractivity (Wildman–Crippen MR) is 37.9 cm³/mol. The number of rotatable bonds is 2. The Morgan fingerprint density at radius 3 is 3.11 bits per heavy atom. The molecule has 0 amide bonds. The van der Waals surface area contributed by atoms with E-state index in [1.807, 2.05) is 12.2 Å². The lowest BCUT2D eigenvalue weighted by Crippen LogP contribution is -1.92. The van der Waals surface area contributed by atoms with Crippen molar-refractivity contribution < 1.29 is 4.74 Å². The molecule has 9 heavy (non-hydrogen) atoms. The summed E-state index contributed by atoms with van der Waals surface area (Å²) in [5, 5.41) is 0. The molecule has 1 rings (SSSR count). The third-order valence-electron chi connectivity index (χ3n) is 1.21. The van der Waals surface area contributed by atoms with Gasteiger partial charge in [0.2, 0.25) is 0 Å². The summed E-state index contributed by atoms with van der Waals surface area (Å²) >= 11 is 0. The summed E-state index contributed by atoms with van der Waals surface area (Å²) in [6.07, 6.45) is 9.53. The van der Waals surface area contributed by atoms with Gasteiger partial charge in [0.05, 0.1) is 12.9 Å². The Morgan fingerprint density at radius 1 is 1.67 bits per heavy atom. The lowest BCUT2D eigenvalue weighted by atomic mass is 10.1. The van der Waals surface area contributed by atoms with Crippen molar-refractivity contribution in [2.24, 2.45) is 5.92 Å². The molecule has 48 valence electrons. The molecular formula is C8H10O. The van der Waals surface area contributed by atoms with E-state index < -0.39 is 0 Å². The van der Waals surface area contributed by atoms with E-state index in [2.05, 4.69) is 12.7 Å². The molecule has 1 aliphatic heterocycles. The molecule has 1 heterocycles. The maximum Gasteiger partial charge on any atom is 0.0971 e. The first kappa shape index (κ1) is 6.14. The predicted octanol–water partition coefficient (Wildman–Crippen LogP) is 1.89. The molecule has 0 N–H and O–H groups in total. The quantitative estimate of drug-likeness (QED) is 0.508. The minimum Gasteiger partial charge on any atom is -0.501 e. The minimum atomic E-state index is 0.461. The van der Waals surface area contributed by atoms with Crippen molar-refractivity contribution in [2.75, 3.05) is 6.61 Å². The highest BCUT2D eigenvalue weighted by atomic mass is 16.5. The van der Waals surface area contributed by atoms with Crippen LogP contribution in [-0.2, 0) is 4.74 Å². The van der Waals surface area contributed by atoms with Crippen molar-refractivity contribution >= 4 is 0 Å². The van der Waals surface area contributed by atoms with Crippen LogP contribution in [0, 0.1) is 5.92 Å². The fraction of sp³-hybridized carbons (Fsp3) is 0.250. The van der Waals surface area contributed by atoms with Crippen molar-refractivity contribution in [2.45, 2.75) is 0 Å². The van der Waals surface area contributed by atoms with E-state index in [-0.39, 0.29) is 0 Å². The van der Waals surface area contributed by atoms with E-state index >= 15 is 0 Å². The van der Waals surface area contributed by atoms with Crippen molar-refractivity contribution in [3.63, 3.8) is 0 Å². The molecule has 0 spiro atoms. The summed E-state index contributed by atoms with van der Waals surface area (Å²) in [6.45, 7) is 4.35. The summed E-state index contributed by atoms with van der Waals surface area (Å²) in [4.78, 5) is 0. The fourth-order valence-electron chi connectivity index (χ4n) is 0.720. The van der Waals surface area contributed by atoms with Crippen LogP contribution in [0.4, 0.5) is 0 Å². The number of hydrogen-bond donors (Lipinski definition) is 0. The summed E-state index contributed by atoms with van der Waals surface area (Å²) in [7, 11) is 0. The summed E-state index contributed by atoms with van der Waals surface area (Å²) in [6, 6.07) is 0. The minimum absolute atomic E-state index is 0.461. The lowest BCUT2D eigenvalue weighted by Gasteiger charge is -1.94. The molecule has 0 aromatic carbocycles. The van der Waals surface area contributed by atoms with Crippen LogP contribution in [0.25, 0.3) is 0 Å². The number of allylic oxidation sites excluding steroid dienone is 2. The van der Waals surface area contributed by atoms with Crippen LogP contribution in [0.3, 0.4) is 0 Å². The Labute approximate surface area is 55.3 Å². The molecule has 0 aromatic rings. The average Bonchev–Trinajstić information content (AvgIpc) is 2.34. The largest absolute Gasteiger partial charge is 0.501 e. The van der Waals surface area contributed by atoms with Gasteiger partial charge in [-0.1, -0.05) is 24.8 Å². The summed E-state index contributed by atoms with van der Waals surface area (Å²) in [5.74, 6) is 0.461. The van der Waals surface area contributed by atoms with Crippen LogP contribution in [-0.4, -0.2) is 6.61 Å². The van der Waals surface area contributed by atoms with Gasteiger partial charge in [0.25, 0.3) is 0 Å². The standard InChI is InChI=1S/C8H10O/c1-2-3-4-8-5-6-9-7-8/h2-6,8H,1,7H2/b4-3-. The maximum absolute atomic E-state index is 4.99. The van der Waals surface area contributed by atoms with Crippen LogP contribution in [0.1, 0.15) is 0 Å². The van der Waals surface area contributed by atoms with Crippen LogP contribution in [0.5, 0.6) is 0 Å². The van der Waals surface area contributed by atoms with Gasteiger partial charge in [0.1, 0.15) is 0 Å². The highest BCUT2D eigenvalue weighted by molar-refractivity contribution is 5.07. The molecule has 0 bridgehead atoms. The summed E-state index contributed by atoms with van der Waals surface area (Å²) < 4.78 is 4.99. The first-order valence-corrected chi connectivity index (χ1v) is 3.01. The topological polar surface area (TPSA) is 9.23 Å². The number of hydrogen-bond acceptors (Lipinski definition) is 1. The smallest absolute Gasteiger partial charge is 0.0971 e. The molecule has 0 saturated carbocycles. The second-order valence-electron chi connectivity index (χ2n) is 1.95. The summed E-state index contributed by atoms with van der Waals surface area (Å²) in [5.41, 5.74) is 0. The third-order valence-corrected chi connectivity index (χ3v) is 1.21. The van der Waals surface area contributed by atoms with Crippen molar-refractivity contribution in [1.29, 1.82) is 0 Å². The van der Waals surface area contributed by atoms with Gasteiger partial charge in [-0.2, -0.15) is 0 Å². The Kier molecular flexibility index (Phi) is 2.13. The molecule has 0 fully saturated rings. The first-order chi connectivity index (χ1) is 4.43. The molecule has 0 saturated heterocycles. The van der Waals surface area contributed by atoms with Gasteiger partial charge in [0, 0.05) is 5.92 Å². The zero-order valence-electron chi connectivity index (χ0n) is 5.29. The van der Waals surface area contributed by atoms with Gasteiger partial charge in [0.15, 0.2) is 0 Å². The highest BCUT2D eigenvalue weighted by Crippen LogP contribution is 2.08. The van der Waals surface area contributed by atoms with Gasteiger partial charge in [-0.25, -0.2) is 0 Å². The zero-order valence-corrected chi connectivity index (χ0v) is 5.29. The fourth-order valence-corrected chi connectivity index (χ4v) is 0.720. The van der Waals surface area contributed by atoms with Gasteiger partial charge < -0.3 is 4.74 Å². The average molecular weight is 122 g/mol. The monoisotopic (exact) mass is 122 g/mol. The molecule has 1 aliphatic rings. The van der Waals surface area contributed by atoms with E-state index in [1.54, 1.807) is 12.3 Å². The zero-order chi connectivity index (χ0) is 6.53. The van der Waals surface area contributed by atoms with Gasteiger partial charge in [-0.05, 0) is 6.08 Å². The third kappa shape index (κ3) is 1.76. The maximum atomic E-state index is 4.99. The Morgan fingerprint density at radius 2 is 2.56 bits per heavy atom. The normalized spacial score (nSPS) is 24.7. The van der Waals surface area contributed by atoms with Gasteiger partial charge in [-0.15, -0.1) is 0 Å². The van der Waals surface area contributed by atoms with E-state index in [9.17, 15) is 0 Å². The molecule has 0 aromatic heterocycles. The lowest BCUT2D eigenvalue weighted by molar-refractivity contribution is 0.263. The molecule has 1 unspecified atom stereocenters. The molecule has 1 heteroatoms. The number of ether oxygens (including phenoxy) is 1. The molecular weight excluding hydrogens is 112 g/mol. The van der Waals surface area contributed by atoms with Crippen molar-refractivity contribution in [1.82, 2.24) is 0 Å². The SMILES string of the molecule is C=C/C=C\C1C=COC1. The Balaban J connectivity index is 2.35. The van der Waals surface area contributed by atoms with Gasteiger partial charge >= 0.3 is 0 Å². The second kappa shape index (κ2) is 3.13. The van der Waals surface area contributed by atoms with Crippen molar-refractivity contribution in [3.05, 3.63) is 37.1 Å². The molecule has 0 radical (unpaired) electrons. The highest BCUT2D eigenvalue weighted by Gasteiger charge is 2.03. The van der Waals surface area contributed by atoms with Crippen LogP contribution >= 0.6 is 0 Å². The second-order valence-corrected chi connectivity index (χ2v) is 1.95. The molecule has 0 aliphatic carbocycles. The first-order valence-electron chi connectivity index (χ1n) is 3.01. The Hall–Kier alpha value is -0.980. The van der Waals surface area contributed by atoms with E-state index in [4.69, 9.17) is 4.74 Å². The van der Waals surface area contributed by atoms with Crippen LogP contribution in [0.2, 0.25) is 0 Å². The molecule has 1 nitrogen and oxygen atoms in total. The van der Waals surface area contributed by atoms with E-state index in [0.29, 0.717) is 5.92 Å². The van der Waals surface area contributed by atoms with E-state index in [0.717, 1.165) is 6.61 Å². The van der Waals surface area contributed by atoms with Gasteiger partial charge in [-0.3, -0.25) is 0 Å². The Bertz CT molecular complexity index is 145.